The van der Waals surface area contributed by atoms with Crippen LogP contribution in [0.1, 0.15) is 125 Å². The molecule has 1 N–H and O–H groups in total. The zero-order valence-corrected chi connectivity index (χ0v) is 30.7. The van der Waals surface area contributed by atoms with E-state index in [0.717, 1.165) is 84.5 Å². The van der Waals surface area contributed by atoms with Gasteiger partial charge >= 0.3 is 0 Å². The number of azo groups is 1. The van der Waals surface area contributed by atoms with Crippen LogP contribution in [-0.2, 0) is 0 Å². The summed E-state index contributed by atoms with van der Waals surface area (Å²) in [5.41, 5.74) is 7.92. The molecule has 0 aromatic carbocycles. The largest absolute Gasteiger partial charge is 0.356 e. The summed E-state index contributed by atoms with van der Waals surface area (Å²) in [6.07, 6.45) is 25.2. The van der Waals surface area contributed by atoms with Crippen LogP contribution < -0.4 is 15.9 Å². The monoisotopic (exact) mass is 653 g/mol. The Morgan fingerprint density at radius 3 is 2.67 bits per heavy atom. The molecular formula is C42H60FN5. The number of nitrogens with one attached hydrogen (secondary N) is 1. The van der Waals surface area contributed by atoms with E-state index in [2.05, 4.69) is 78.8 Å². The maximum atomic E-state index is 16.1. The standard InChI is InChI=1S/C34H45FN4.C8H15N/c1-7-23(5)38-34-30(22(4)13-14-26-16-15-25(8-2)17-26)21-36-32(33(34)35)19-29-20-37-39-31(29)18-28-12-10-11-27(9-3)24(28)6;1-7-5-8-3-2-4-9(8)6-7/h11,18-21,25-26,38H,5,7-10,12-17H2,1-4,6H3;7-8H,2-6H2,1H3/b30-22+,31-18+,32-19+;. The molecule has 5 aliphatic rings. The number of pyridine rings is 1. The smallest absolute Gasteiger partial charge is 0.172 e. The maximum absolute atomic E-state index is 16.1. The second-order valence-corrected chi connectivity index (χ2v) is 15.0. The lowest BCUT2D eigenvalue weighted by molar-refractivity contribution is 0.319. The highest BCUT2D eigenvalue weighted by molar-refractivity contribution is 5.63. The first-order valence-electron chi connectivity index (χ1n) is 19.0. The normalized spacial score (nSPS) is 27.2. The van der Waals surface area contributed by atoms with Crippen molar-refractivity contribution in [3.8, 4) is 0 Å². The predicted octanol–water partition coefficient (Wildman–Crippen LogP) is 10.3. The van der Waals surface area contributed by atoms with Gasteiger partial charge in [-0.05, 0) is 131 Å². The number of allylic oxidation sites excluding steroid dienone is 7. The molecule has 6 rings (SSSR count). The minimum Gasteiger partial charge on any atom is -0.356 e. The van der Waals surface area contributed by atoms with E-state index in [4.69, 9.17) is 0 Å². The van der Waals surface area contributed by atoms with E-state index < -0.39 is 0 Å². The molecule has 2 aliphatic carbocycles. The Bertz CT molecular complexity index is 1600. The van der Waals surface area contributed by atoms with E-state index in [1.54, 1.807) is 12.3 Å². The molecule has 6 heteroatoms. The number of anilines is 1. The molecule has 0 spiro atoms. The lowest BCUT2D eigenvalue weighted by atomic mass is 9.89. The summed E-state index contributed by atoms with van der Waals surface area (Å²) in [6.45, 7) is 20.0. The Labute approximate surface area is 289 Å². The molecule has 1 aromatic rings. The van der Waals surface area contributed by atoms with Gasteiger partial charge in [0, 0.05) is 35.3 Å². The average Bonchev–Trinajstić information content (AvgIpc) is 3.89. The van der Waals surface area contributed by atoms with Crippen LogP contribution >= 0.6 is 0 Å². The summed E-state index contributed by atoms with van der Waals surface area (Å²) in [6, 6.07) is 0.986. The highest BCUT2D eigenvalue weighted by atomic mass is 19.1. The summed E-state index contributed by atoms with van der Waals surface area (Å²) in [5, 5.41) is 12.9. The Morgan fingerprint density at radius 2 is 1.94 bits per heavy atom. The maximum Gasteiger partial charge on any atom is 0.172 e. The summed E-state index contributed by atoms with van der Waals surface area (Å²) in [4.78, 5) is 7.25. The molecule has 3 fully saturated rings. The molecule has 0 radical (unpaired) electrons. The molecule has 260 valence electrons. The van der Waals surface area contributed by atoms with Gasteiger partial charge in [0.1, 0.15) is 5.35 Å². The molecule has 1 aromatic heterocycles. The molecule has 5 nitrogen and oxygen atoms in total. The quantitative estimate of drug-likeness (QED) is 0.273. The molecule has 0 amide bonds. The molecule has 0 bridgehead atoms. The van der Waals surface area contributed by atoms with Gasteiger partial charge in [-0.1, -0.05) is 65.2 Å². The summed E-state index contributed by atoms with van der Waals surface area (Å²) < 4.78 is 16.1. The summed E-state index contributed by atoms with van der Waals surface area (Å²) in [5.74, 6) is 2.27. The van der Waals surface area contributed by atoms with E-state index in [1.807, 2.05) is 13.1 Å². The van der Waals surface area contributed by atoms with Gasteiger partial charge in [0.25, 0.3) is 0 Å². The van der Waals surface area contributed by atoms with Crippen molar-refractivity contribution in [2.24, 2.45) is 28.0 Å². The fourth-order valence-corrected chi connectivity index (χ4v) is 8.37. The van der Waals surface area contributed by atoms with Crippen molar-refractivity contribution in [2.45, 2.75) is 131 Å². The Hall–Kier alpha value is -3.12. The summed E-state index contributed by atoms with van der Waals surface area (Å²) in [7, 11) is 0. The first-order valence-corrected chi connectivity index (χ1v) is 19.0. The predicted molar refractivity (Wildman–Crippen MR) is 200 cm³/mol. The van der Waals surface area contributed by atoms with Crippen molar-refractivity contribution in [3.05, 3.63) is 81.2 Å². The minimum absolute atomic E-state index is 0.285. The van der Waals surface area contributed by atoms with Crippen molar-refractivity contribution in [2.75, 3.05) is 18.4 Å². The first kappa shape index (κ1) is 36.2. The van der Waals surface area contributed by atoms with Crippen LogP contribution in [0.2, 0.25) is 0 Å². The molecule has 4 unspecified atom stereocenters. The van der Waals surface area contributed by atoms with Gasteiger partial charge < -0.3 is 10.2 Å². The van der Waals surface area contributed by atoms with Gasteiger partial charge in [-0.2, -0.15) is 10.2 Å². The topological polar surface area (TPSA) is 52.9 Å². The number of hydrogen-bond donors (Lipinski definition) is 1. The molecule has 4 heterocycles. The van der Waals surface area contributed by atoms with Crippen LogP contribution in [0, 0.1) is 23.6 Å². The van der Waals surface area contributed by atoms with E-state index in [0.29, 0.717) is 5.69 Å². The second kappa shape index (κ2) is 17.0. The van der Waals surface area contributed by atoms with E-state index in [1.165, 1.54) is 80.3 Å². The zero-order chi connectivity index (χ0) is 34.2. The molecule has 1 saturated carbocycles. The molecule has 3 aliphatic heterocycles. The van der Waals surface area contributed by atoms with Gasteiger partial charge in [-0.15, -0.1) is 0 Å². The summed E-state index contributed by atoms with van der Waals surface area (Å²) >= 11 is 0. The third kappa shape index (κ3) is 8.91. The molecule has 2 saturated heterocycles. The molecule has 48 heavy (non-hydrogen) atoms. The van der Waals surface area contributed by atoms with E-state index in [9.17, 15) is 0 Å². The Balaban J connectivity index is 0.000000427. The minimum atomic E-state index is -0.357. The third-order valence-electron chi connectivity index (χ3n) is 11.5. The van der Waals surface area contributed by atoms with Crippen molar-refractivity contribution < 1.29 is 4.39 Å². The fourth-order valence-electron chi connectivity index (χ4n) is 8.37. The number of rotatable bonds is 10. The van der Waals surface area contributed by atoms with E-state index in [-0.39, 0.29) is 11.2 Å². The van der Waals surface area contributed by atoms with Gasteiger partial charge in [-0.25, -0.2) is 4.39 Å². The van der Waals surface area contributed by atoms with Crippen molar-refractivity contribution in [1.29, 1.82) is 0 Å². The highest BCUT2D eigenvalue weighted by Crippen LogP contribution is 2.36. The number of aromatic nitrogens is 1. The lowest BCUT2D eigenvalue weighted by Crippen LogP contribution is -2.25. The zero-order valence-electron chi connectivity index (χ0n) is 30.7. The van der Waals surface area contributed by atoms with Crippen LogP contribution in [0.3, 0.4) is 0 Å². The van der Waals surface area contributed by atoms with Gasteiger partial charge in [0.15, 0.2) is 5.82 Å². The van der Waals surface area contributed by atoms with Crippen LogP contribution in [-0.4, -0.2) is 29.0 Å². The van der Waals surface area contributed by atoms with E-state index >= 15 is 4.39 Å². The van der Waals surface area contributed by atoms with Crippen LogP contribution in [0.4, 0.5) is 10.1 Å². The molecular weight excluding hydrogens is 593 g/mol. The second-order valence-electron chi connectivity index (χ2n) is 15.0. The molecule has 4 atom stereocenters. The number of fused-ring (bicyclic) bond motifs is 1. The number of hydrogen-bond acceptors (Lipinski definition) is 5. The fraction of sp³-hybridized carbons (Fsp3) is 0.595. The Morgan fingerprint density at radius 1 is 1.12 bits per heavy atom. The van der Waals surface area contributed by atoms with Crippen molar-refractivity contribution >= 4 is 17.3 Å². The van der Waals surface area contributed by atoms with Crippen LogP contribution in [0.15, 0.2) is 75.0 Å². The SMILES string of the molecule is C=C(CC)Nc1c(F)/c(=C\C2=CN=N/C2=C/C2=C(C)C(CC)=CCC2)nc/c1=C(/C)CCC1CCC(CC)C1.CC1CC2CCCN2C1. The first-order chi connectivity index (χ1) is 23.2. The van der Waals surface area contributed by atoms with Crippen molar-refractivity contribution in [1.82, 2.24) is 9.88 Å². The number of nitrogens with zero attached hydrogens (tertiary/aromatic N) is 4. The average molecular weight is 654 g/mol. The number of halogens is 1. The van der Waals surface area contributed by atoms with Crippen LogP contribution in [0.5, 0.6) is 0 Å². The van der Waals surface area contributed by atoms with Gasteiger partial charge in [-0.3, -0.25) is 4.98 Å². The van der Waals surface area contributed by atoms with Crippen molar-refractivity contribution in [3.63, 3.8) is 0 Å². The van der Waals surface area contributed by atoms with Gasteiger partial charge in [0.05, 0.1) is 17.6 Å². The third-order valence-corrected chi connectivity index (χ3v) is 11.5. The lowest BCUT2D eigenvalue weighted by Gasteiger charge is -2.16. The van der Waals surface area contributed by atoms with Gasteiger partial charge in [0.2, 0.25) is 0 Å². The van der Waals surface area contributed by atoms with Crippen LogP contribution in [0.25, 0.3) is 11.6 Å². The highest BCUT2D eigenvalue weighted by Gasteiger charge is 2.32. The Kier molecular flexibility index (Phi) is 12.8.